The molecule has 210 valence electrons. The zero-order valence-electron chi connectivity index (χ0n) is 22.6. The highest BCUT2D eigenvalue weighted by Gasteiger charge is 2.36. The fourth-order valence-corrected chi connectivity index (χ4v) is 4.95. The average Bonchev–Trinajstić information content (AvgIpc) is 3.28. The average molecular weight is 572 g/mol. The zero-order chi connectivity index (χ0) is 30.2. The highest BCUT2D eigenvalue weighted by molar-refractivity contribution is 6.34. The third kappa shape index (κ3) is 5.02. The Bertz CT molecular complexity index is 1970. The summed E-state index contributed by atoms with van der Waals surface area (Å²) in [6.07, 6.45) is 0. The number of hydrogen-bond donors (Lipinski definition) is 0. The first kappa shape index (κ1) is 27.2. The number of non-ortho nitro benzene ring substituents is 1. The number of carbonyl (C=O) groups excluding carboxylic acids is 4. The number of aromatic nitrogens is 1. The lowest BCUT2D eigenvalue weighted by atomic mass is 10.0. The third-order valence-electron chi connectivity index (χ3n) is 7.11. The Morgan fingerprint density at radius 1 is 0.860 bits per heavy atom. The van der Waals surface area contributed by atoms with Crippen molar-refractivity contribution in [2.75, 3.05) is 11.5 Å². The monoisotopic (exact) mass is 571 g/mol. The van der Waals surface area contributed by atoms with Gasteiger partial charge in [-0.1, -0.05) is 48.0 Å². The number of esters is 1. The minimum atomic E-state index is -0.763. The molecule has 43 heavy (non-hydrogen) atoms. The lowest BCUT2D eigenvalue weighted by Crippen LogP contribution is -2.29. The van der Waals surface area contributed by atoms with E-state index in [0.717, 1.165) is 16.5 Å². The van der Waals surface area contributed by atoms with E-state index in [1.54, 1.807) is 66.7 Å². The molecule has 1 aliphatic rings. The standard InChI is InChI=1S/C33H21N3O7/c1-19-9-14-28-26(15-19)27(33(40)43-18-30(37)21-5-4-6-23(16-21)36(41)42)17-29(34-28)20-10-12-22(13-11-20)35-31(38)24-7-2-3-8-25(24)32(35)39/h2-17H,18H2,1H3. The number of benzene rings is 4. The van der Waals surface area contributed by atoms with Crippen LogP contribution in [0.15, 0.2) is 97.1 Å². The van der Waals surface area contributed by atoms with Gasteiger partial charge >= 0.3 is 5.97 Å². The molecule has 4 aromatic carbocycles. The zero-order valence-corrected chi connectivity index (χ0v) is 22.6. The number of Topliss-reactive ketones (excluding diaryl/α,β-unsaturated/α-hetero) is 1. The van der Waals surface area contributed by atoms with Crippen molar-refractivity contribution in [3.63, 3.8) is 0 Å². The summed E-state index contributed by atoms with van der Waals surface area (Å²) in [6, 6.07) is 25.5. The van der Waals surface area contributed by atoms with Gasteiger partial charge in [0.1, 0.15) is 0 Å². The summed E-state index contributed by atoms with van der Waals surface area (Å²) >= 11 is 0. The van der Waals surface area contributed by atoms with E-state index >= 15 is 0 Å². The molecule has 6 rings (SSSR count). The van der Waals surface area contributed by atoms with Crippen molar-refractivity contribution >= 4 is 45.8 Å². The van der Waals surface area contributed by atoms with Gasteiger partial charge in [0.15, 0.2) is 6.61 Å². The Balaban J connectivity index is 1.28. The Kier molecular flexibility index (Phi) is 6.79. The molecule has 0 atom stereocenters. The molecule has 10 heteroatoms. The van der Waals surface area contributed by atoms with Crippen LogP contribution in [0.25, 0.3) is 22.2 Å². The number of anilines is 1. The lowest BCUT2D eigenvalue weighted by molar-refractivity contribution is -0.384. The lowest BCUT2D eigenvalue weighted by Gasteiger charge is -2.15. The van der Waals surface area contributed by atoms with Gasteiger partial charge in [-0.25, -0.2) is 14.7 Å². The molecule has 0 saturated carbocycles. The van der Waals surface area contributed by atoms with Crippen LogP contribution in [-0.2, 0) is 4.74 Å². The van der Waals surface area contributed by atoms with Crippen LogP contribution in [0.5, 0.6) is 0 Å². The molecule has 0 spiro atoms. The number of hydrogen-bond acceptors (Lipinski definition) is 8. The minimum Gasteiger partial charge on any atom is -0.454 e. The molecule has 10 nitrogen and oxygen atoms in total. The number of ketones is 1. The van der Waals surface area contributed by atoms with Crippen LogP contribution in [0.2, 0.25) is 0 Å². The molecule has 2 heterocycles. The van der Waals surface area contributed by atoms with Gasteiger partial charge in [-0.15, -0.1) is 0 Å². The maximum atomic E-state index is 13.3. The van der Waals surface area contributed by atoms with Gasteiger partial charge in [0.2, 0.25) is 5.78 Å². The number of nitro groups is 1. The number of pyridine rings is 1. The number of aryl methyl sites for hydroxylation is 1. The second kappa shape index (κ2) is 10.7. The van der Waals surface area contributed by atoms with Crippen molar-refractivity contribution in [1.82, 2.24) is 4.98 Å². The van der Waals surface area contributed by atoms with Crippen LogP contribution in [0.1, 0.15) is 47.0 Å². The molecule has 1 aliphatic heterocycles. The second-order valence-corrected chi connectivity index (χ2v) is 9.92. The molecule has 0 N–H and O–H groups in total. The summed E-state index contributed by atoms with van der Waals surface area (Å²) < 4.78 is 5.36. The second-order valence-electron chi connectivity index (χ2n) is 9.92. The molecule has 0 radical (unpaired) electrons. The van der Waals surface area contributed by atoms with E-state index in [9.17, 15) is 29.3 Å². The molecular formula is C33H21N3O7. The summed E-state index contributed by atoms with van der Waals surface area (Å²) in [5.41, 5.74) is 3.52. The van der Waals surface area contributed by atoms with Crippen LogP contribution in [0.3, 0.4) is 0 Å². The Morgan fingerprint density at radius 2 is 1.56 bits per heavy atom. The van der Waals surface area contributed by atoms with Crippen molar-refractivity contribution in [2.24, 2.45) is 0 Å². The minimum absolute atomic E-state index is 0.0521. The van der Waals surface area contributed by atoms with Crippen molar-refractivity contribution in [2.45, 2.75) is 6.92 Å². The Labute approximate surface area is 244 Å². The predicted molar refractivity (Wildman–Crippen MR) is 157 cm³/mol. The third-order valence-corrected chi connectivity index (χ3v) is 7.11. The number of carbonyl (C=O) groups is 4. The maximum absolute atomic E-state index is 13.3. The van der Waals surface area contributed by atoms with Gasteiger partial charge in [0, 0.05) is 28.6 Å². The van der Waals surface area contributed by atoms with Crippen molar-refractivity contribution in [3.05, 3.63) is 135 Å². The maximum Gasteiger partial charge on any atom is 0.339 e. The first-order valence-corrected chi connectivity index (χ1v) is 13.2. The number of rotatable bonds is 7. The summed E-state index contributed by atoms with van der Waals surface area (Å²) in [6.45, 7) is 1.26. The SMILES string of the molecule is Cc1ccc2nc(-c3ccc(N4C(=O)c5ccccc5C4=O)cc3)cc(C(=O)OCC(=O)c3cccc([N+](=O)[O-])c3)c2c1. The van der Waals surface area contributed by atoms with Crippen molar-refractivity contribution in [1.29, 1.82) is 0 Å². The Morgan fingerprint density at radius 3 is 2.23 bits per heavy atom. The van der Waals surface area contributed by atoms with Crippen molar-refractivity contribution < 1.29 is 28.8 Å². The first-order valence-electron chi connectivity index (χ1n) is 13.2. The van der Waals surface area contributed by atoms with Gasteiger partial charge in [-0.05, 0) is 49.4 Å². The van der Waals surface area contributed by atoms with E-state index in [4.69, 9.17) is 9.72 Å². The topological polar surface area (TPSA) is 137 Å². The summed E-state index contributed by atoms with van der Waals surface area (Å²) in [7, 11) is 0. The van der Waals surface area contributed by atoms with Crippen LogP contribution in [-0.4, -0.2) is 40.1 Å². The summed E-state index contributed by atoms with van der Waals surface area (Å²) in [4.78, 5) is 68.0. The molecule has 2 amide bonds. The molecule has 0 saturated heterocycles. The molecule has 5 aromatic rings. The van der Waals surface area contributed by atoms with E-state index in [1.807, 2.05) is 13.0 Å². The largest absolute Gasteiger partial charge is 0.454 e. The normalized spacial score (nSPS) is 12.3. The van der Waals surface area contributed by atoms with Crippen LogP contribution in [0, 0.1) is 17.0 Å². The van der Waals surface area contributed by atoms with Gasteiger partial charge in [0.05, 0.1) is 38.5 Å². The summed E-state index contributed by atoms with van der Waals surface area (Å²) in [5.74, 6) is -2.16. The Hall–Kier alpha value is -6.03. The molecular weight excluding hydrogens is 550 g/mol. The van der Waals surface area contributed by atoms with E-state index in [0.29, 0.717) is 39.0 Å². The molecule has 0 unspecified atom stereocenters. The number of imide groups is 1. The molecule has 0 aliphatic carbocycles. The number of fused-ring (bicyclic) bond motifs is 2. The molecule has 0 fully saturated rings. The number of ether oxygens (including phenoxy) is 1. The highest BCUT2D eigenvalue weighted by atomic mass is 16.6. The number of nitrogens with zero attached hydrogens (tertiary/aromatic N) is 3. The molecule has 0 bridgehead atoms. The fraction of sp³-hybridized carbons (Fsp3) is 0.0606. The van der Waals surface area contributed by atoms with Crippen LogP contribution < -0.4 is 4.90 Å². The highest BCUT2D eigenvalue weighted by Crippen LogP contribution is 2.31. The van der Waals surface area contributed by atoms with Gasteiger partial charge in [-0.2, -0.15) is 0 Å². The van der Waals surface area contributed by atoms with Crippen LogP contribution >= 0.6 is 0 Å². The quantitative estimate of drug-likeness (QED) is 0.0767. The molecule has 1 aromatic heterocycles. The number of amides is 2. The van der Waals surface area contributed by atoms with Crippen molar-refractivity contribution in [3.8, 4) is 11.3 Å². The smallest absolute Gasteiger partial charge is 0.339 e. The van der Waals surface area contributed by atoms with Gasteiger partial charge in [-0.3, -0.25) is 24.5 Å². The van der Waals surface area contributed by atoms with E-state index in [2.05, 4.69) is 0 Å². The van der Waals surface area contributed by atoms with Crippen LogP contribution in [0.4, 0.5) is 11.4 Å². The summed E-state index contributed by atoms with van der Waals surface area (Å²) in [5, 5.41) is 11.6. The van der Waals surface area contributed by atoms with E-state index in [1.165, 1.54) is 18.2 Å². The predicted octanol–water partition coefficient (Wildman–Crippen LogP) is 5.96. The van der Waals surface area contributed by atoms with Gasteiger partial charge in [0.25, 0.3) is 17.5 Å². The van der Waals surface area contributed by atoms with E-state index < -0.39 is 35.1 Å². The van der Waals surface area contributed by atoms with E-state index in [-0.39, 0.29) is 16.8 Å². The first-order chi connectivity index (χ1) is 20.7. The number of nitro benzene ring substituents is 1. The fourth-order valence-electron chi connectivity index (χ4n) is 4.95. The van der Waals surface area contributed by atoms with Gasteiger partial charge < -0.3 is 4.74 Å².